The molecule has 6 nitrogen and oxygen atoms in total. The molecule has 6 heteroatoms. The van der Waals surface area contributed by atoms with E-state index in [0.29, 0.717) is 13.0 Å². The van der Waals surface area contributed by atoms with Crippen molar-refractivity contribution in [3.63, 3.8) is 0 Å². The van der Waals surface area contributed by atoms with Gasteiger partial charge < -0.3 is 14.5 Å². The molecule has 0 saturated carbocycles. The summed E-state index contributed by atoms with van der Waals surface area (Å²) in [5.74, 6) is -0.661. The molecule has 2 aromatic rings. The minimum absolute atomic E-state index is 0.0893. The number of nitrogens with zero attached hydrogens (tertiary/aromatic N) is 2. The summed E-state index contributed by atoms with van der Waals surface area (Å²) in [7, 11) is 0. The number of hydrogen-bond acceptors (Lipinski definition) is 4. The zero-order chi connectivity index (χ0) is 22.4. The molecule has 0 aromatic heterocycles. The molecular formula is C25H30N2O4. The van der Waals surface area contributed by atoms with E-state index in [-0.39, 0.29) is 30.4 Å². The number of benzene rings is 2. The Morgan fingerprint density at radius 3 is 2.39 bits per heavy atom. The Morgan fingerprint density at radius 1 is 1.06 bits per heavy atom. The van der Waals surface area contributed by atoms with Gasteiger partial charge in [-0.1, -0.05) is 61.9 Å². The number of unbranched alkanes of at least 4 members (excludes halogenated alkanes) is 1. The second-order valence-electron chi connectivity index (χ2n) is 7.88. The van der Waals surface area contributed by atoms with Crippen molar-refractivity contribution in [2.75, 3.05) is 18.1 Å². The number of para-hydroxylation sites is 1. The van der Waals surface area contributed by atoms with Crippen molar-refractivity contribution in [2.24, 2.45) is 0 Å². The van der Waals surface area contributed by atoms with E-state index in [1.165, 1.54) is 13.8 Å². The summed E-state index contributed by atoms with van der Waals surface area (Å²) in [5, 5.41) is 0. The van der Waals surface area contributed by atoms with Crippen LogP contribution in [0.5, 0.6) is 0 Å². The minimum atomic E-state index is -0.657. The van der Waals surface area contributed by atoms with E-state index in [1.54, 1.807) is 9.80 Å². The van der Waals surface area contributed by atoms with Gasteiger partial charge in [0.1, 0.15) is 12.6 Å². The Balaban J connectivity index is 1.99. The topological polar surface area (TPSA) is 66.9 Å². The summed E-state index contributed by atoms with van der Waals surface area (Å²) in [6.45, 7) is 5.55. The first-order chi connectivity index (χ1) is 14.9. The third-order valence-corrected chi connectivity index (χ3v) is 5.59. The number of rotatable bonds is 9. The molecule has 164 valence electrons. The van der Waals surface area contributed by atoms with Crippen LogP contribution < -0.4 is 4.90 Å². The van der Waals surface area contributed by atoms with Crippen LogP contribution in [0.25, 0.3) is 0 Å². The van der Waals surface area contributed by atoms with Crippen molar-refractivity contribution in [3.05, 3.63) is 65.7 Å². The highest BCUT2D eigenvalue weighted by Gasteiger charge is 2.44. The lowest BCUT2D eigenvalue weighted by Crippen LogP contribution is -2.47. The smallest absolute Gasteiger partial charge is 0.302 e. The number of hydrogen-bond donors (Lipinski definition) is 0. The van der Waals surface area contributed by atoms with Gasteiger partial charge in [0, 0.05) is 31.6 Å². The van der Waals surface area contributed by atoms with Crippen molar-refractivity contribution in [1.82, 2.24) is 4.90 Å². The molecule has 2 aromatic carbocycles. The molecule has 0 bridgehead atoms. The highest BCUT2D eigenvalue weighted by atomic mass is 16.5. The van der Waals surface area contributed by atoms with Crippen molar-refractivity contribution < 1.29 is 19.1 Å². The molecule has 2 atom stereocenters. The summed E-state index contributed by atoms with van der Waals surface area (Å²) in [6, 6.07) is 16.4. The van der Waals surface area contributed by atoms with Crippen LogP contribution in [0.15, 0.2) is 54.6 Å². The summed E-state index contributed by atoms with van der Waals surface area (Å²) < 4.78 is 5.35. The molecule has 1 heterocycles. The number of esters is 1. The summed E-state index contributed by atoms with van der Waals surface area (Å²) >= 11 is 0. The number of fused-ring (bicyclic) bond motifs is 1. The van der Waals surface area contributed by atoms with E-state index >= 15 is 0 Å². The maximum atomic E-state index is 13.7. The molecule has 1 unspecified atom stereocenters. The lowest BCUT2D eigenvalue weighted by atomic mass is 10.0. The van der Waals surface area contributed by atoms with E-state index in [2.05, 4.69) is 6.92 Å². The molecule has 0 N–H and O–H groups in total. The number of carbonyl (C=O) groups excluding carboxylic acids is 3. The second-order valence-corrected chi connectivity index (χ2v) is 7.88. The summed E-state index contributed by atoms with van der Waals surface area (Å²) in [5.41, 5.74) is 2.64. The van der Waals surface area contributed by atoms with Gasteiger partial charge >= 0.3 is 5.97 Å². The van der Waals surface area contributed by atoms with Gasteiger partial charge in [-0.15, -0.1) is 0 Å². The third kappa shape index (κ3) is 5.13. The van der Waals surface area contributed by atoms with Gasteiger partial charge in [-0.25, -0.2) is 0 Å². The molecule has 0 spiro atoms. The Bertz CT molecular complexity index is 928. The predicted molar refractivity (Wildman–Crippen MR) is 120 cm³/mol. The number of carbonyl (C=O) groups is 3. The van der Waals surface area contributed by atoms with Crippen LogP contribution in [0, 0.1) is 0 Å². The predicted octanol–water partition coefficient (Wildman–Crippen LogP) is 3.90. The first kappa shape index (κ1) is 22.5. The molecule has 3 rings (SSSR count). The first-order valence-electron chi connectivity index (χ1n) is 10.8. The van der Waals surface area contributed by atoms with Gasteiger partial charge in [0.25, 0.3) is 5.91 Å². The van der Waals surface area contributed by atoms with Gasteiger partial charge in [0.05, 0.1) is 6.04 Å². The van der Waals surface area contributed by atoms with E-state index in [1.807, 2.05) is 54.6 Å². The number of ether oxygens (including phenoxy) is 1. The molecule has 0 saturated heterocycles. The monoisotopic (exact) mass is 422 g/mol. The fourth-order valence-corrected chi connectivity index (χ4v) is 4.12. The van der Waals surface area contributed by atoms with E-state index in [0.717, 1.165) is 29.7 Å². The van der Waals surface area contributed by atoms with Crippen molar-refractivity contribution in [1.29, 1.82) is 0 Å². The minimum Gasteiger partial charge on any atom is -0.464 e. The molecule has 2 amide bonds. The maximum Gasteiger partial charge on any atom is 0.302 e. The van der Waals surface area contributed by atoms with Crippen LogP contribution in [0.1, 0.15) is 50.8 Å². The Kier molecular flexibility index (Phi) is 7.45. The fourth-order valence-electron chi connectivity index (χ4n) is 4.12. The van der Waals surface area contributed by atoms with Crippen LogP contribution in [0.2, 0.25) is 0 Å². The Hall–Kier alpha value is -3.15. The highest BCUT2D eigenvalue weighted by molar-refractivity contribution is 6.06. The van der Waals surface area contributed by atoms with E-state index in [9.17, 15) is 14.4 Å². The molecule has 1 aliphatic rings. The Morgan fingerprint density at radius 2 is 1.74 bits per heavy atom. The van der Waals surface area contributed by atoms with E-state index in [4.69, 9.17) is 4.74 Å². The molecular weight excluding hydrogens is 392 g/mol. The maximum absolute atomic E-state index is 13.7. The van der Waals surface area contributed by atoms with Crippen LogP contribution >= 0.6 is 0 Å². The molecule has 0 aliphatic carbocycles. The lowest BCUT2D eigenvalue weighted by molar-refractivity contribution is -0.142. The van der Waals surface area contributed by atoms with Crippen molar-refractivity contribution >= 4 is 23.5 Å². The fraction of sp³-hybridized carbons (Fsp3) is 0.400. The van der Waals surface area contributed by atoms with Crippen LogP contribution in [-0.4, -0.2) is 41.9 Å². The van der Waals surface area contributed by atoms with Gasteiger partial charge in [0.2, 0.25) is 5.91 Å². The summed E-state index contributed by atoms with van der Waals surface area (Å²) in [4.78, 5) is 41.1. The molecule has 0 fully saturated rings. The normalized spacial score (nSPS) is 16.0. The largest absolute Gasteiger partial charge is 0.464 e. The molecule has 1 aliphatic heterocycles. The van der Waals surface area contributed by atoms with Gasteiger partial charge in [0.15, 0.2) is 0 Å². The quantitative estimate of drug-likeness (QED) is 0.575. The second kappa shape index (κ2) is 10.2. The highest BCUT2D eigenvalue weighted by Crippen LogP contribution is 2.41. The first-order valence-corrected chi connectivity index (χ1v) is 10.8. The van der Waals surface area contributed by atoms with Crippen molar-refractivity contribution in [2.45, 2.75) is 52.1 Å². The Labute approximate surface area is 183 Å². The van der Waals surface area contributed by atoms with Crippen LogP contribution in [0.4, 0.5) is 5.69 Å². The van der Waals surface area contributed by atoms with E-state index < -0.39 is 6.04 Å². The number of anilines is 1. The molecule has 0 radical (unpaired) electrons. The zero-order valence-electron chi connectivity index (χ0n) is 18.4. The summed E-state index contributed by atoms with van der Waals surface area (Å²) in [6.07, 6.45) is 2.29. The number of amides is 2. The lowest BCUT2D eigenvalue weighted by Gasteiger charge is -2.31. The zero-order valence-corrected chi connectivity index (χ0v) is 18.4. The standard InChI is InChI=1S/C25H30N2O4/c1-4-5-15-26(18(2)28)24-22-13-9-10-14-23(22)27(25(24)30)21(17-31-19(3)29)16-20-11-7-6-8-12-20/h6-14,21,24H,4-5,15-17H2,1-3H3/t21-,24?/m0/s1. The van der Waals surface area contributed by atoms with Crippen LogP contribution in [0.3, 0.4) is 0 Å². The van der Waals surface area contributed by atoms with Crippen molar-refractivity contribution in [3.8, 4) is 0 Å². The van der Waals surface area contributed by atoms with Gasteiger partial charge in [-0.05, 0) is 24.5 Å². The average molecular weight is 423 g/mol. The van der Waals surface area contributed by atoms with Gasteiger partial charge in [-0.3, -0.25) is 14.4 Å². The average Bonchev–Trinajstić information content (AvgIpc) is 3.04. The van der Waals surface area contributed by atoms with Crippen LogP contribution in [-0.2, 0) is 25.5 Å². The van der Waals surface area contributed by atoms with Gasteiger partial charge in [-0.2, -0.15) is 0 Å². The SMILES string of the molecule is CCCCN(C(C)=O)C1C(=O)N([C@H](COC(C)=O)Cc2ccccc2)c2ccccc21. The third-order valence-electron chi connectivity index (χ3n) is 5.59. The molecule has 31 heavy (non-hydrogen) atoms.